The van der Waals surface area contributed by atoms with Gasteiger partial charge in [-0.3, -0.25) is 9.59 Å². The number of carbonyl (C=O) groups is 2. The summed E-state index contributed by atoms with van der Waals surface area (Å²) in [7, 11) is 3.31. The number of esters is 1. The van der Waals surface area contributed by atoms with Crippen LogP contribution >= 0.6 is 0 Å². The first-order valence-corrected chi connectivity index (χ1v) is 8.42. The van der Waals surface area contributed by atoms with Gasteiger partial charge in [0.05, 0.1) is 12.2 Å². The van der Waals surface area contributed by atoms with Gasteiger partial charge in [-0.05, 0) is 39.3 Å². The highest BCUT2D eigenvalue weighted by Gasteiger charge is 2.18. The van der Waals surface area contributed by atoms with E-state index < -0.39 is 5.60 Å². The van der Waals surface area contributed by atoms with Crippen LogP contribution in [0.4, 0.5) is 0 Å². The normalized spacial score (nSPS) is 11.1. The van der Waals surface area contributed by atoms with Gasteiger partial charge in [-0.25, -0.2) is 0 Å². The summed E-state index contributed by atoms with van der Waals surface area (Å²) in [4.78, 5) is 25.9. The summed E-state index contributed by atoms with van der Waals surface area (Å²) < 4.78 is 15.8. The summed E-state index contributed by atoms with van der Waals surface area (Å²) in [5.74, 6) is 0.136. The van der Waals surface area contributed by atoms with Crippen molar-refractivity contribution >= 4 is 11.9 Å². The van der Waals surface area contributed by atoms with Crippen LogP contribution in [0.2, 0.25) is 0 Å². The van der Waals surface area contributed by atoms with E-state index in [2.05, 4.69) is 0 Å². The first-order valence-electron chi connectivity index (χ1n) is 8.42. The molecule has 0 aliphatic heterocycles. The molecular weight excluding hydrogens is 322 g/mol. The lowest BCUT2D eigenvalue weighted by molar-refractivity contribution is -0.154. The molecular formula is C19H29NO5. The van der Waals surface area contributed by atoms with Gasteiger partial charge >= 0.3 is 5.97 Å². The first-order chi connectivity index (χ1) is 11.7. The van der Waals surface area contributed by atoms with Crippen LogP contribution in [0.5, 0.6) is 5.75 Å². The largest absolute Gasteiger partial charge is 0.490 e. The zero-order valence-electron chi connectivity index (χ0n) is 15.8. The number of carbonyl (C=O) groups excluding carboxylic acids is 2. The number of nitrogens with zero attached hydrogens (tertiary/aromatic N) is 1. The third-order valence-corrected chi connectivity index (χ3v) is 3.30. The van der Waals surface area contributed by atoms with Gasteiger partial charge in [0.2, 0.25) is 0 Å². The molecule has 1 aromatic rings. The highest BCUT2D eigenvalue weighted by molar-refractivity contribution is 5.96. The number of ether oxygens (including phenoxy) is 3. The predicted octanol–water partition coefficient (Wildman–Crippen LogP) is 2.91. The lowest BCUT2D eigenvalue weighted by atomic mass is 10.1. The molecule has 140 valence electrons. The fraction of sp³-hybridized carbons (Fsp3) is 0.579. The molecule has 0 unspecified atom stereocenters. The second kappa shape index (κ2) is 10.0. The molecule has 6 nitrogen and oxygen atoms in total. The fourth-order valence-electron chi connectivity index (χ4n) is 2.16. The third-order valence-electron chi connectivity index (χ3n) is 3.30. The molecule has 1 rings (SSSR count). The summed E-state index contributed by atoms with van der Waals surface area (Å²) in [6, 6.07) is 7.11. The van der Waals surface area contributed by atoms with E-state index in [1.165, 1.54) is 0 Å². The van der Waals surface area contributed by atoms with E-state index in [9.17, 15) is 9.59 Å². The first kappa shape index (κ1) is 21.0. The minimum Gasteiger partial charge on any atom is -0.490 e. The van der Waals surface area contributed by atoms with Gasteiger partial charge in [-0.2, -0.15) is 0 Å². The standard InChI is InChI=1S/C19H29NO5/c1-19(2,3)25-17(21)11-8-12-20(4)18(22)15-9-6-7-10-16(15)24-14-13-23-5/h6-7,9-10H,8,11-14H2,1-5H3. The molecule has 0 fully saturated rings. The predicted molar refractivity (Wildman–Crippen MR) is 95.9 cm³/mol. The smallest absolute Gasteiger partial charge is 0.306 e. The van der Waals surface area contributed by atoms with Gasteiger partial charge in [0.1, 0.15) is 18.0 Å². The van der Waals surface area contributed by atoms with Gasteiger partial charge < -0.3 is 19.1 Å². The summed E-state index contributed by atoms with van der Waals surface area (Å²) in [6.45, 7) is 6.80. The molecule has 0 heterocycles. The van der Waals surface area contributed by atoms with E-state index in [4.69, 9.17) is 14.2 Å². The summed E-state index contributed by atoms with van der Waals surface area (Å²) in [5, 5.41) is 0. The number of hydrogen-bond acceptors (Lipinski definition) is 5. The summed E-state index contributed by atoms with van der Waals surface area (Å²) in [6.07, 6.45) is 0.824. The van der Waals surface area contributed by atoms with E-state index in [1.54, 1.807) is 37.3 Å². The molecule has 1 amide bonds. The molecule has 6 heteroatoms. The molecule has 0 bridgehead atoms. The zero-order chi connectivity index (χ0) is 18.9. The second-order valence-electron chi connectivity index (χ2n) is 6.75. The van der Waals surface area contributed by atoms with Crippen molar-refractivity contribution in [2.75, 3.05) is 33.9 Å². The summed E-state index contributed by atoms with van der Waals surface area (Å²) in [5.41, 5.74) is 0.00969. The molecule has 1 aromatic carbocycles. The Hall–Kier alpha value is -2.08. The van der Waals surface area contributed by atoms with E-state index in [1.807, 2.05) is 26.8 Å². The van der Waals surface area contributed by atoms with Crippen LogP contribution < -0.4 is 4.74 Å². The zero-order valence-corrected chi connectivity index (χ0v) is 15.8. The number of benzene rings is 1. The highest BCUT2D eigenvalue weighted by Crippen LogP contribution is 2.20. The highest BCUT2D eigenvalue weighted by atomic mass is 16.6. The number of para-hydroxylation sites is 1. The van der Waals surface area contributed by atoms with Crippen LogP contribution in [0.25, 0.3) is 0 Å². The Balaban J connectivity index is 2.55. The van der Waals surface area contributed by atoms with Gasteiger partial charge in [0.15, 0.2) is 0 Å². The number of amides is 1. The Bertz CT molecular complexity index is 565. The van der Waals surface area contributed by atoms with Gasteiger partial charge in [0, 0.05) is 27.1 Å². The molecule has 0 aliphatic rings. The van der Waals surface area contributed by atoms with Crippen molar-refractivity contribution in [3.05, 3.63) is 29.8 Å². The van der Waals surface area contributed by atoms with E-state index >= 15 is 0 Å². The van der Waals surface area contributed by atoms with Crippen LogP contribution in [0.15, 0.2) is 24.3 Å². The Morgan fingerprint density at radius 3 is 2.44 bits per heavy atom. The maximum Gasteiger partial charge on any atom is 0.306 e. The number of hydrogen-bond donors (Lipinski definition) is 0. The fourth-order valence-corrected chi connectivity index (χ4v) is 2.16. The van der Waals surface area contributed by atoms with Crippen molar-refractivity contribution in [2.45, 2.75) is 39.2 Å². The van der Waals surface area contributed by atoms with Crippen molar-refractivity contribution < 1.29 is 23.8 Å². The van der Waals surface area contributed by atoms with Crippen LogP contribution in [-0.2, 0) is 14.3 Å². The van der Waals surface area contributed by atoms with E-state index in [-0.39, 0.29) is 18.3 Å². The van der Waals surface area contributed by atoms with E-state index in [0.29, 0.717) is 37.5 Å². The molecule has 0 atom stereocenters. The minimum atomic E-state index is -0.489. The molecule has 0 saturated carbocycles. The Morgan fingerprint density at radius 1 is 1.12 bits per heavy atom. The molecule has 0 saturated heterocycles. The summed E-state index contributed by atoms with van der Waals surface area (Å²) >= 11 is 0. The molecule has 0 aromatic heterocycles. The lowest BCUT2D eigenvalue weighted by Gasteiger charge is -2.21. The molecule has 0 aliphatic carbocycles. The Morgan fingerprint density at radius 2 is 1.80 bits per heavy atom. The maximum atomic E-state index is 12.6. The monoisotopic (exact) mass is 351 g/mol. The van der Waals surface area contributed by atoms with Crippen molar-refractivity contribution in [1.29, 1.82) is 0 Å². The molecule has 0 N–H and O–H groups in total. The van der Waals surface area contributed by atoms with Gasteiger partial charge in [-0.1, -0.05) is 12.1 Å². The SMILES string of the molecule is COCCOc1ccccc1C(=O)N(C)CCCC(=O)OC(C)(C)C. The van der Waals surface area contributed by atoms with Crippen LogP contribution in [-0.4, -0.2) is 56.3 Å². The minimum absolute atomic E-state index is 0.141. The number of methoxy groups -OCH3 is 1. The molecule has 0 radical (unpaired) electrons. The average Bonchev–Trinajstić information content (AvgIpc) is 2.53. The van der Waals surface area contributed by atoms with Crippen LogP contribution in [0, 0.1) is 0 Å². The molecule has 0 spiro atoms. The maximum absolute atomic E-state index is 12.6. The second-order valence-corrected chi connectivity index (χ2v) is 6.75. The van der Waals surface area contributed by atoms with Gasteiger partial charge in [0.25, 0.3) is 5.91 Å². The van der Waals surface area contributed by atoms with E-state index in [0.717, 1.165) is 0 Å². The number of rotatable bonds is 9. The average molecular weight is 351 g/mol. The third kappa shape index (κ3) is 8.03. The van der Waals surface area contributed by atoms with Gasteiger partial charge in [-0.15, -0.1) is 0 Å². The lowest BCUT2D eigenvalue weighted by Crippen LogP contribution is -2.29. The van der Waals surface area contributed by atoms with Crippen LogP contribution in [0.3, 0.4) is 0 Å². The Labute approximate surface area is 150 Å². The quantitative estimate of drug-likeness (QED) is 0.505. The van der Waals surface area contributed by atoms with Crippen molar-refractivity contribution in [3.63, 3.8) is 0 Å². The van der Waals surface area contributed by atoms with Crippen molar-refractivity contribution in [1.82, 2.24) is 4.90 Å². The van der Waals surface area contributed by atoms with Crippen LogP contribution in [0.1, 0.15) is 44.0 Å². The molecule has 25 heavy (non-hydrogen) atoms. The van der Waals surface area contributed by atoms with Crippen molar-refractivity contribution in [2.24, 2.45) is 0 Å². The van der Waals surface area contributed by atoms with Crippen molar-refractivity contribution in [3.8, 4) is 5.75 Å². The topological polar surface area (TPSA) is 65.1 Å². The Kier molecular flexibility index (Phi) is 8.41.